The van der Waals surface area contributed by atoms with Crippen LogP contribution in [-0.2, 0) is 11.3 Å². The minimum absolute atomic E-state index is 0.0988. The van der Waals surface area contributed by atoms with E-state index in [1.807, 2.05) is 0 Å². The first kappa shape index (κ1) is 24.1. The van der Waals surface area contributed by atoms with Crippen molar-refractivity contribution in [3.05, 3.63) is 66.1 Å². The number of hydrogen-bond donors (Lipinski definition) is 1. The summed E-state index contributed by atoms with van der Waals surface area (Å²) in [4.78, 5) is 8.52. The molecule has 0 spiro atoms. The van der Waals surface area contributed by atoms with Gasteiger partial charge in [0.25, 0.3) is 0 Å². The fraction of sp³-hybridized carbons (Fsp3) is 0.385. The number of halogens is 2. The van der Waals surface area contributed by atoms with E-state index in [2.05, 4.69) is 39.4 Å². The van der Waals surface area contributed by atoms with Crippen LogP contribution in [0.2, 0.25) is 0 Å². The number of ether oxygens (including phenoxy) is 1. The van der Waals surface area contributed by atoms with E-state index in [4.69, 9.17) is 9.26 Å². The largest absolute Gasteiger partial charge is 0.372 e. The zero-order valence-electron chi connectivity index (χ0n) is 20.2. The van der Waals surface area contributed by atoms with Crippen LogP contribution in [0.1, 0.15) is 45.1 Å². The highest BCUT2D eigenvalue weighted by Crippen LogP contribution is 2.30. The minimum atomic E-state index is -0.550. The molecule has 1 N–H and O–H groups in total. The molecular weight excluding hydrogens is 466 g/mol. The Morgan fingerprint density at radius 3 is 2.78 bits per heavy atom. The molecule has 4 aromatic rings. The van der Waals surface area contributed by atoms with Gasteiger partial charge in [0.2, 0.25) is 0 Å². The van der Waals surface area contributed by atoms with Crippen molar-refractivity contribution in [1.82, 2.24) is 24.9 Å². The molecule has 1 atom stereocenters. The van der Waals surface area contributed by atoms with Crippen LogP contribution in [0.4, 0.5) is 14.6 Å². The van der Waals surface area contributed by atoms with Gasteiger partial charge in [0.1, 0.15) is 23.5 Å². The molecule has 0 radical (unpaired) electrons. The van der Waals surface area contributed by atoms with Crippen LogP contribution >= 0.6 is 0 Å². The molecule has 0 bridgehead atoms. The predicted molar refractivity (Wildman–Crippen MR) is 130 cm³/mol. The van der Waals surface area contributed by atoms with Crippen molar-refractivity contribution in [3.8, 4) is 22.9 Å². The highest BCUT2D eigenvalue weighted by atomic mass is 19.1. The van der Waals surface area contributed by atoms with E-state index in [0.29, 0.717) is 29.2 Å². The van der Waals surface area contributed by atoms with Gasteiger partial charge in [-0.3, -0.25) is 4.68 Å². The first-order valence-corrected chi connectivity index (χ1v) is 12.0. The maximum absolute atomic E-state index is 14.5. The fourth-order valence-electron chi connectivity index (χ4n) is 4.48. The molecule has 0 amide bonds. The lowest BCUT2D eigenvalue weighted by Gasteiger charge is -2.36. The summed E-state index contributed by atoms with van der Waals surface area (Å²) in [6, 6.07) is 9.90. The Balaban J connectivity index is 1.36. The van der Waals surface area contributed by atoms with Gasteiger partial charge in [-0.1, -0.05) is 23.4 Å². The molecule has 188 valence electrons. The molecule has 0 saturated carbocycles. The lowest BCUT2D eigenvalue weighted by Crippen LogP contribution is -2.36. The van der Waals surface area contributed by atoms with Gasteiger partial charge in [-0.2, -0.15) is 5.10 Å². The van der Waals surface area contributed by atoms with Gasteiger partial charge in [0, 0.05) is 18.2 Å². The Bertz CT molecular complexity index is 1320. The summed E-state index contributed by atoms with van der Waals surface area (Å²) in [5.74, 6) is -0.547. The van der Waals surface area contributed by atoms with Crippen LogP contribution in [0.25, 0.3) is 22.9 Å². The lowest BCUT2D eigenvalue weighted by molar-refractivity contribution is -0.107. The normalized spacial score (nSPS) is 17.3. The van der Waals surface area contributed by atoms with Crippen molar-refractivity contribution in [3.63, 3.8) is 0 Å². The van der Waals surface area contributed by atoms with Gasteiger partial charge in [-0.05, 0) is 51.7 Å². The molecule has 0 unspecified atom stereocenters. The second-order valence-electron chi connectivity index (χ2n) is 9.55. The fourth-order valence-corrected chi connectivity index (χ4v) is 4.48. The third-order valence-corrected chi connectivity index (χ3v) is 6.28. The highest BCUT2D eigenvalue weighted by molar-refractivity contribution is 5.63. The standard InChI is InChI=1S/C26H28F2N6O2/c1-26(2)11-5-7-18(36-26)9-12-29-24-20(28)15-30-25(31-24)22-14-23(21-10-13-35-33-21)34(32-22)16-17-6-3-4-8-19(17)27/h3-4,6,8,10,13-15,18H,5,7,9,11-12,16H2,1-2H3,(H,29,30,31)/t18-/m0/s1. The van der Waals surface area contributed by atoms with Crippen LogP contribution in [0.3, 0.4) is 0 Å². The summed E-state index contributed by atoms with van der Waals surface area (Å²) in [5.41, 5.74) is 1.87. The van der Waals surface area contributed by atoms with Gasteiger partial charge < -0.3 is 14.6 Å². The van der Waals surface area contributed by atoms with Crippen molar-refractivity contribution in [2.45, 2.75) is 57.8 Å². The Morgan fingerprint density at radius 2 is 2.00 bits per heavy atom. The van der Waals surface area contributed by atoms with Crippen LogP contribution in [-0.4, -0.2) is 43.2 Å². The van der Waals surface area contributed by atoms with Gasteiger partial charge in [-0.25, -0.2) is 18.7 Å². The Labute approximate surface area is 207 Å². The molecule has 36 heavy (non-hydrogen) atoms. The summed E-state index contributed by atoms with van der Waals surface area (Å²) >= 11 is 0. The second kappa shape index (κ2) is 10.1. The lowest BCUT2D eigenvalue weighted by atomic mass is 9.94. The van der Waals surface area contributed by atoms with Crippen molar-refractivity contribution >= 4 is 5.82 Å². The highest BCUT2D eigenvalue weighted by Gasteiger charge is 2.28. The maximum Gasteiger partial charge on any atom is 0.183 e. The number of rotatable bonds is 8. The van der Waals surface area contributed by atoms with Gasteiger partial charge >= 0.3 is 0 Å². The van der Waals surface area contributed by atoms with Crippen LogP contribution < -0.4 is 5.32 Å². The average molecular weight is 495 g/mol. The number of anilines is 1. The van der Waals surface area contributed by atoms with E-state index in [9.17, 15) is 8.78 Å². The summed E-state index contributed by atoms with van der Waals surface area (Å²) in [5, 5.41) is 11.7. The quantitative estimate of drug-likeness (QED) is 0.347. The zero-order valence-corrected chi connectivity index (χ0v) is 20.2. The first-order valence-electron chi connectivity index (χ1n) is 12.0. The van der Waals surface area contributed by atoms with E-state index in [0.717, 1.165) is 31.9 Å². The molecule has 8 nitrogen and oxygen atoms in total. The number of nitrogens with zero attached hydrogens (tertiary/aromatic N) is 5. The van der Waals surface area contributed by atoms with E-state index < -0.39 is 5.82 Å². The van der Waals surface area contributed by atoms with Gasteiger partial charge in [0.15, 0.2) is 17.5 Å². The third-order valence-electron chi connectivity index (χ3n) is 6.28. The second-order valence-corrected chi connectivity index (χ2v) is 9.55. The molecule has 0 aliphatic carbocycles. The van der Waals surface area contributed by atoms with Gasteiger partial charge in [-0.15, -0.1) is 0 Å². The van der Waals surface area contributed by atoms with E-state index in [1.165, 1.54) is 12.3 Å². The Hall–Kier alpha value is -3.66. The van der Waals surface area contributed by atoms with E-state index in [-0.39, 0.29) is 35.7 Å². The third kappa shape index (κ3) is 5.43. The zero-order chi connectivity index (χ0) is 25.1. The van der Waals surface area contributed by atoms with Crippen molar-refractivity contribution in [2.24, 2.45) is 0 Å². The molecule has 1 saturated heterocycles. The predicted octanol–water partition coefficient (Wildman–Crippen LogP) is 5.47. The molecule has 4 heterocycles. The van der Waals surface area contributed by atoms with E-state index >= 15 is 0 Å². The Kier molecular flexibility index (Phi) is 6.77. The number of nitrogens with one attached hydrogen (secondary N) is 1. The average Bonchev–Trinajstić information content (AvgIpc) is 3.51. The molecule has 10 heteroatoms. The monoisotopic (exact) mass is 494 g/mol. The van der Waals surface area contributed by atoms with Crippen molar-refractivity contribution in [2.75, 3.05) is 11.9 Å². The SMILES string of the molecule is CC1(C)CCC[C@@H](CCNc2nc(-c3cc(-c4ccon4)n(Cc4ccccc4F)n3)ncc2F)O1. The van der Waals surface area contributed by atoms with Crippen LogP contribution in [0.5, 0.6) is 0 Å². The number of benzene rings is 1. The molecule has 1 aliphatic heterocycles. The summed E-state index contributed by atoms with van der Waals surface area (Å²) in [6.45, 7) is 4.88. The summed E-state index contributed by atoms with van der Waals surface area (Å²) < 4.78 is 41.5. The van der Waals surface area contributed by atoms with E-state index in [1.54, 1.807) is 35.0 Å². The molecule has 3 aromatic heterocycles. The minimum Gasteiger partial charge on any atom is -0.372 e. The maximum atomic E-state index is 14.5. The first-order chi connectivity index (χ1) is 17.4. The summed E-state index contributed by atoms with van der Waals surface area (Å²) in [7, 11) is 0. The topological polar surface area (TPSA) is 90.9 Å². The smallest absolute Gasteiger partial charge is 0.183 e. The number of hydrogen-bond acceptors (Lipinski definition) is 7. The Morgan fingerprint density at radius 1 is 1.14 bits per heavy atom. The summed E-state index contributed by atoms with van der Waals surface area (Å²) in [6.07, 6.45) is 6.60. The molecule has 1 fully saturated rings. The van der Waals surface area contributed by atoms with Crippen molar-refractivity contribution < 1.29 is 18.0 Å². The van der Waals surface area contributed by atoms with Crippen LogP contribution in [0.15, 0.2) is 53.4 Å². The molecule has 5 rings (SSSR count). The molecule has 1 aliphatic rings. The molecular formula is C26H28F2N6O2. The van der Waals surface area contributed by atoms with Gasteiger partial charge in [0.05, 0.1) is 30.1 Å². The van der Waals surface area contributed by atoms with Crippen molar-refractivity contribution in [1.29, 1.82) is 0 Å². The molecule has 1 aromatic carbocycles. The van der Waals surface area contributed by atoms with Crippen LogP contribution in [0, 0.1) is 11.6 Å². The number of aromatic nitrogens is 5.